The summed E-state index contributed by atoms with van der Waals surface area (Å²) >= 11 is 0. The highest BCUT2D eigenvalue weighted by atomic mass is 16.5. The highest BCUT2D eigenvalue weighted by molar-refractivity contribution is 6.37. The summed E-state index contributed by atoms with van der Waals surface area (Å²) in [5, 5.41) is 6.29. The molecule has 2 aliphatic heterocycles. The molecule has 0 saturated carbocycles. The van der Waals surface area contributed by atoms with Gasteiger partial charge in [-0.2, -0.15) is 0 Å². The molecule has 2 heterocycles. The SMILES string of the molecule is COC(=O)c1ccc2c(c1)/C(=C(/Nc1ccc(N(C)C(=O)CN3CCN(C)CC3)cc1)c1ccc(N)cc1)C(=O)N2. The number of nitrogen functional groups attached to an aromatic ring is 1. The van der Waals surface area contributed by atoms with Crippen LogP contribution in [0.25, 0.3) is 11.3 Å². The number of hydrogen-bond donors (Lipinski definition) is 3. The van der Waals surface area contributed by atoms with Crippen LogP contribution < -0.4 is 21.3 Å². The lowest BCUT2D eigenvalue weighted by molar-refractivity contribution is -0.119. The predicted molar refractivity (Wildman–Crippen MR) is 161 cm³/mol. The van der Waals surface area contributed by atoms with Crippen molar-refractivity contribution in [3.63, 3.8) is 0 Å². The number of likely N-dealkylation sites (N-methyl/N-ethyl adjacent to an activating group) is 2. The van der Waals surface area contributed by atoms with Crippen LogP contribution in [-0.2, 0) is 14.3 Å². The second-order valence-corrected chi connectivity index (χ2v) is 10.3. The molecule has 212 valence electrons. The van der Waals surface area contributed by atoms with Crippen molar-refractivity contribution in [3.05, 3.63) is 83.4 Å². The number of carbonyl (C=O) groups excluding carboxylic acids is 3. The van der Waals surface area contributed by atoms with Gasteiger partial charge in [0.05, 0.1) is 30.5 Å². The van der Waals surface area contributed by atoms with Crippen LogP contribution in [0.4, 0.5) is 22.7 Å². The molecule has 10 nitrogen and oxygen atoms in total. The van der Waals surface area contributed by atoms with Crippen molar-refractivity contribution in [2.45, 2.75) is 0 Å². The van der Waals surface area contributed by atoms with Crippen LogP contribution in [0.2, 0.25) is 0 Å². The van der Waals surface area contributed by atoms with Crippen molar-refractivity contribution in [1.29, 1.82) is 0 Å². The topological polar surface area (TPSA) is 120 Å². The van der Waals surface area contributed by atoms with Crippen molar-refractivity contribution in [2.24, 2.45) is 0 Å². The highest BCUT2D eigenvalue weighted by Crippen LogP contribution is 2.38. The van der Waals surface area contributed by atoms with Gasteiger partial charge in [-0.15, -0.1) is 0 Å². The molecule has 0 atom stereocenters. The lowest BCUT2D eigenvalue weighted by Crippen LogP contribution is -2.48. The third-order valence-electron chi connectivity index (χ3n) is 7.49. The Morgan fingerprint density at radius 1 is 0.976 bits per heavy atom. The number of piperazine rings is 1. The molecule has 2 aliphatic rings. The number of methoxy groups -OCH3 is 1. The first-order chi connectivity index (χ1) is 19.7. The summed E-state index contributed by atoms with van der Waals surface area (Å²) in [5.74, 6) is -0.761. The van der Waals surface area contributed by atoms with E-state index < -0.39 is 5.97 Å². The lowest BCUT2D eigenvalue weighted by Gasteiger charge is -2.32. The van der Waals surface area contributed by atoms with E-state index in [0.29, 0.717) is 40.3 Å². The molecule has 0 unspecified atom stereocenters. The van der Waals surface area contributed by atoms with E-state index in [9.17, 15) is 14.4 Å². The average Bonchev–Trinajstić information content (AvgIpc) is 3.31. The fraction of sp³-hybridized carbons (Fsp3) is 0.258. The molecule has 10 heteroatoms. The number of nitrogens with one attached hydrogen (secondary N) is 2. The van der Waals surface area contributed by atoms with Crippen molar-refractivity contribution in [2.75, 3.05) is 75.2 Å². The number of nitrogens with zero attached hydrogens (tertiary/aromatic N) is 3. The average molecular weight is 555 g/mol. The minimum atomic E-state index is -0.490. The van der Waals surface area contributed by atoms with Gasteiger partial charge < -0.3 is 30.9 Å². The summed E-state index contributed by atoms with van der Waals surface area (Å²) in [6, 6.07) is 19.6. The van der Waals surface area contributed by atoms with Gasteiger partial charge in [0.2, 0.25) is 5.91 Å². The third kappa shape index (κ3) is 6.08. The molecule has 3 aromatic carbocycles. The van der Waals surface area contributed by atoms with Gasteiger partial charge in [-0.05, 0) is 67.2 Å². The Morgan fingerprint density at radius 3 is 2.29 bits per heavy atom. The van der Waals surface area contributed by atoms with Gasteiger partial charge in [0.1, 0.15) is 0 Å². The summed E-state index contributed by atoms with van der Waals surface area (Å²) in [6.45, 7) is 4.03. The van der Waals surface area contributed by atoms with E-state index >= 15 is 0 Å². The minimum Gasteiger partial charge on any atom is -0.465 e. The van der Waals surface area contributed by atoms with E-state index in [1.807, 2.05) is 36.4 Å². The number of benzene rings is 3. The zero-order valence-corrected chi connectivity index (χ0v) is 23.4. The Balaban J connectivity index is 1.43. The predicted octanol–water partition coefficient (Wildman–Crippen LogP) is 3.20. The zero-order valence-electron chi connectivity index (χ0n) is 23.4. The molecule has 4 N–H and O–H groups in total. The monoisotopic (exact) mass is 554 g/mol. The van der Waals surface area contributed by atoms with E-state index in [0.717, 1.165) is 43.1 Å². The molecule has 1 fully saturated rings. The van der Waals surface area contributed by atoms with Gasteiger partial charge in [0, 0.05) is 61.5 Å². The Kier molecular flexibility index (Phi) is 8.04. The summed E-state index contributed by atoms with van der Waals surface area (Å²) in [7, 11) is 5.19. The Bertz CT molecular complexity index is 1490. The van der Waals surface area contributed by atoms with Gasteiger partial charge in [-0.25, -0.2) is 4.79 Å². The van der Waals surface area contributed by atoms with Crippen LogP contribution in [0, 0.1) is 0 Å². The summed E-state index contributed by atoms with van der Waals surface area (Å²) in [6.07, 6.45) is 0. The molecular formula is C31H34N6O4. The zero-order chi connectivity index (χ0) is 29.1. The van der Waals surface area contributed by atoms with Gasteiger partial charge in [-0.3, -0.25) is 14.5 Å². The van der Waals surface area contributed by atoms with Crippen molar-refractivity contribution in [3.8, 4) is 0 Å². The van der Waals surface area contributed by atoms with Crippen molar-refractivity contribution >= 4 is 51.8 Å². The van der Waals surface area contributed by atoms with Gasteiger partial charge in [0.15, 0.2) is 0 Å². The molecule has 41 heavy (non-hydrogen) atoms. The number of esters is 1. The van der Waals surface area contributed by atoms with E-state index in [1.54, 1.807) is 42.3 Å². The summed E-state index contributed by atoms with van der Waals surface area (Å²) < 4.78 is 4.88. The standard InChI is InChI=1S/C31H34N6O4/c1-35-14-16-37(17-15-35)19-27(38)36(2)24-11-9-23(10-12-24)33-29(20-4-7-22(32)8-5-20)28-25-18-21(31(40)41-3)6-13-26(25)34-30(28)39/h4-13,18,33H,14-17,19,32H2,1-3H3,(H,34,39)/b29-28-. The number of ether oxygens (including phenoxy) is 1. The normalized spacial score (nSPS) is 16.5. The lowest BCUT2D eigenvalue weighted by atomic mass is 9.98. The molecule has 1 saturated heterocycles. The molecule has 5 rings (SSSR count). The maximum absolute atomic E-state index is 13.3. The van der Waals surface area contributed by atoms with Gasteiger partial charge in [-0.1, -0.05) is 12.1 Å². The number of hydrogen-bond acceptors (Lipinski definition) is 8. The van der Waals surface area contributed by atoms with Crippen molar-refractivity contribution in [1.82, 2.24) is 9.80 Å². The number of carbonyl (C=O) groups is 3. The fourth-order valence-corrected chi connectivity index (χ4v) is 4.95. The molecule has 0 spiro atoms. The molecule has 0 bridgehead atoms. The Hall–Kier alpha value is -4.67. The maximum Gasteiger partial charge on any atom is 0.337 e. The van der Waals surface area contributed by atoms with E-state index in [2.05, 4.69) is 27.5 Å². The van der Waals surface area contributed by atoms with Crippen LogP contribution >= 0.6 is 0 Å². The number of amides is 2. The van der Waals surface area contributed by atoms with Crippen LogP contribution in [0.3, 0.4) is 0 Å². The first-order valence-corrected chi connectivity index (χ1v) is 13.4. The second kappa shape index (κ2) is 11.8. The van der Waals surface area contributed by atoms with E-state index in [1.165, 1.54) is 7.11 Å². The largest absolute Gasteiger partial charge is 0.465 e. The van der Waals surface area contributed by atoms with Crippen LogP contribution in [0.1, 0.15) is 21.5 Å². The van der Waals surface area contributed by atoms with Gasteiger partial charge in [0.25, 0.3) is 5.91 Å². The smallest absolute Gasteiger partial charge is 0.337 e. The van der Waals surface area contributed by atoms with Crippen LogP contribution in [-0.4, -0.2) is 81.5 Å². The highest BCUT2D eigenvalue weighted by Gasteiger charge is 2.30. The second-order valence-electron chi connectivity index (χ2n) is 10.3. The molecule has 2 amide bonds. The summed E-state index contributed by atoms with van der Waals surface area (Å²) in [4.78, 5) is 44.5. The maximum atomic E-state index is 13.3. The Labute approximate surface area is 239 Å². The number of fused-ring (bicyclic) bond motifs is 1. The molecule has 3 aromatic rings. The molecule has 0 aliphatic carbocycles. The third-order valence-corrected chi connectivity index (χ3v) is 7.49. The number of rotatable bonds is 7. The van der Waals surface area contributed by atoms with Gasteiger partial charge >= 0.3 is 5.97 Å². The van der Waals surface area contributed by atoms with Crippen LogP contribution in [0.5, 0.6) is 0 Å². The fourth-order valence-electron chi connectivity index (χ4n) is 4.95. The first kappa shape index (κ1) is 27.9. The molecule has 0 radical (unpaired) electrons. The Morgan fingerprint density at radius 2 is 1.63 bits per heavy atom. The van der Waals surface area contributed by atoms with Crippen LogP contribution in [0.15, 0.2) is 66.7 Å². The number of anilines is 4. The van der Waals surface area contributed by atoms with Crippen molar-refractivity contribution < 1.29 is 19.1 Å². The van der Waals surface area contributed by atoms with E-state index in [4.69, 9.17) is 10.5 Å². The molecular weight excluding hydrogens is 520 g/mol. The quantitative estimate of drug-likeness (QED) is 0.231. The number of nitrogens with two attached hydrogens (primary N) is 1. The molecule has 0 aromatic heterocycles. The minimum absolute atomic E-state index is 0.0283. The summed E-state index contributed by atoms with van der Waals surface area (Å²) in [5.41, 5.74) is 11.2. The first-order valence-electron chi connectivity index (χ1n) is 13.4. The van der Waals surface area contributed by atoms with E-state index in [-0.39, 0.29) is 11.8 Å².